The van der Waals surface area contributed by atoms with E-state index in [9.17, 15) is 4.79 Å². The molecule has 0 aliphatic carbocycles. The van der Waals surface area contributed by atoms with Crippen LogP contribution >= 0.6 is 0 Å². The molecule has 114 valence electrons. The van der Waals surface area contributed by atoms with Gasteiger partial charge in [0.2, 0.25) is 5.91 Å². The first-order valence-electron chi connectivity index (χ1n) is 7.78. The molecule has 0 spiro atoms. The van der Waals surface area contributed by atoms with Gasteiger partial charge in [-0.3, -0.25) is 4.79 Å². The number of rotatable bonds is 9. The van der Waals surface area contributed by atoms with E-state index in [1.54, 1.807) is 0 Å². The number of amides is 1. The van der Waals surface area contributed by atoms with E-state index < -0.39 is 0 Å². The first-order valence-corrected chi connectivity index (χ1v) is 7.78. The molecule has 0 radical (unpaired) electrons. The molecule has 0 saturated heterocycles. The molecule has 0 aliphatic heterocycles. The molecular formula is C16H34N2O. The third kappa shape index (κ3) is 7.56. The maximum absolute atomic E-state index is 12.6. The van der Waals surface area contributed by atoms with Crippen LogP contribution in [0.25, 0.3) is 0 Å². The Bertz CT molecular complexity index is 237. The summed E-state index contributed by atoms with van der Waals surface area (Å²) in [6, 6.07) is 0. The number of hydrogen-bond acceptors (Lipinski definition) is 2. The summed E-state index contributed by atoms with van der Waals surface area (Å²) in [4.78, 5) is 14.6. The van der Waals surface area contributed by atoms with Gasteiger partial charge in [0.15, 0.2) is 0 Å². The van der Waals surface area contributed by atoms with Crippen LogP contribution in [-0.2, 0) is 4.79 Å². The quantitative estimate of drug-likeness (QED) is 0.699. The van der Waals surface area contributed by atoms with E-state index in [0.717, 1.165) is 25.9 Å². The van der Waals surface area contributed by atoms with Crippen molar-refractivity contribution in [2.24, 2.45) is 29.4 Å². The van der Waals surface area contributed by atoms with Crippen LogP contribution in [0.4, 0.5) is 0 Å². The average molecular weight is 270 g/mol. The Balaban J connectivity index is 4.64. The Hall–Kier alpha value is -0.570. The van der Waals surface area contributed by atoms with Crippen molar-refractivity contribution in [1.82, 2.24) is 4.90 Å². The van der Waals surface area contributed by atoms with E-state index in [1.165, 1.54) is 0 Å². The molecule has 19 heavy (non-hydrogen) atoms. The largest absolute Gasteiger partial charge is 0.342 e. The zero-order valence-corrected chi connectivity index (χ0v) is 13.8. The van der Waals surface area contributed by atoms with Gasteiger partial charge in [-0.1, -0.05) is 41.5 Å². The van der Waals surface area contributed by atoms with E-state index in [1.807, 2.05) is 4.90 Å². The number of carbonyl (C=O) groups excluding carboxylic acids is 1. The van der Waals surface area contributed by atoms with E-state index in [0.29, 0.717) is 24.3 Å². The summed E-state index contributed by atoms with van der Waals surface area (Å²) < 4.78 is 0. The Kier molecular flexibility index (Phi) is 9.07. The van der Waals surface area contributed by atoms with Crippen LogP contribution in [0.5, 0.6) is 0 Å². The molecule has 0 aliphatic rings. The SMILES string of the molecule is CC(C)CCN(CCC(C)C)C(=O)C(CN)C(C)C. The van der Waals surface area contributed by atoms with Crippen molar-refractivity contribution in [3.63, 3.8) is 0 Å². The van der Waals surface area contributed by atoms with Crippen molar-refractivity contribution in [1.29, 1.82) is 0 Å². The Morgan fingerprint density at radius 3 is 1.63 bits per heavy atom. The Labute approximate surface area is 119 Å². The van der Waals surface area contributed by atoms with Crippen molar-refractivity contribution in [2.75, 3.05) is 19.6 Å². The molecule has 0 aromatic rings. The number of nitrogens with two attached hydrogens (primary N) is 1. The van der Waals surface area contributed by atoms with E-state index in [-0.39, 0.29) is 11.8 Å². The molecule has 2 N–H and O–H groups in total. The highest BCUT2D eigenvalue weighted by atomic mass is 16.2. The first-order chi connectivity index (χ1) is 8.79. The zero-order valence-electron chi connectivity index (χ0n) is 13.8. The molecular weight excluding hydrogens is 236 g/mol. The molecule has 0 fully saturated rings. The molecule has 0 bridgehead atoms. The molecule has 1 amide bonds. The van der Waals surface area contributed by atoms with Crippen molar-refractivity contribution < 1.29 is 4.79 Å². The maximum atomic E-state index is 12.6. The Morgan fingerprint density at radius 1 is 0.947 bits per heavy atom. The maximum Gasteiger partial charge on any atom is 0.227 e. The lowest BCUT2D eigenvalue weighted by Gasteiger charge is -2.30. The van der Waals surface area contributed by atoms with Crippen molar-refractivity contribution in [3.05, 3.63) is 0 Å². The summed E-state index contributed by atoms with van der Waals surface area (Å²) in [6.45, 7) is 15.2. The normalized spacial score (nSPS) is 13.4. The molecule has 3 nitrogen and oxygen atoms in total. The molecule has 0 aromatic heterocycles. The van der Waals surface area contributed by atoms with Gasteiger partial charge in [0.25, 0.3) is 0 Å². The fourth-order valence-corrected chi connectivity index (χ4v) is 2.05. The molecule has 1 unspecified atom stereocenters. The number of carbonyl (C=O) groups is 1. The Morgan fingerprint density at radius 2 is 1.37 bits per heavy atom. The fourth-order valence-electron chi connectivity index (χ4n) is 2.05. The smallest absolute Gasteiger partial charge is 0.227 e. The van der Waals surface area contributed by atoms with Gasteiger partial charge in [-0.25, -0.2) is 0 Å². The molecule has 1 atom stereocenters. The minimum Gasteiger partial charge on any atom is -0.342 e. The second-order valence-corrected chi connectivity index (χ2v) is 6.78. The van der Waals surface area contributed by atoms with Gasteiger partial charge >= 0.3 is 0 Å². The lowest BCUT2D eigenvalue weighted by Crippen LogP contribution is -2.42. The molecule has 0 saturated carbocycles. The lowest BCUT2D eigenvalue weighted by atomic mass is 9.94. The molecule has 0 rings (SSSR count). The second-order valence-electron chi connectivity index (χ2n) is 6.78. The number of nitrogens with zero attached hydrogens (tertiary/aromatic N) is 1. The van der Waals surface area contributed by atoms with Crippen molar-refractivity contribution in [3.8, 4) is 0 Å². The predicted octanol–water partition coefficient (Wildman–Crippen LogP) is 3.14. The van der Waals surface area contributed by atoms with Gasteiger partial charge in [0, 0.05) is 19.6 Å². The van der Waals surface area contributed by atoms with E-state index in [2.05, 4.69) is 41.5 Å². The van der Waals surface area contributed by atoms with Gasteiger partial charge in [0.05, 0.1) is 5.92 Å². The van der Waals surface area contributed by atoms with Crippen LogP contribution in [0.1, 0.15) is 54.4 Å². The van der Waals surface area contributed by atoms with Gasteiger partial charge < -0.3 is 10.6 Å². The summed E-state index contributed by atoms with van der Waals surface area (Å²) >= 11 is 0. The summed E-state index contributed by atoms with van der Waals surface area (Å²) in [5.74, 6) is 1.80. The van der Waals surface area contributed by atoms with Crippen LogP contribution in [0.15, 0.2) is 0 Å². The minimum atomic E-state index is -0.0284. The molecule has 0 heterocycles. The lowest BCUT2D eigenvalue weighted by molar-refractivity contribution is -0.137. The van der Waals surface area contributed by atoms with E-state index in [4.69, 9.17) is 5.73 Å². The van der Waals surface area contributed by atoms with Crippen LogP contribution < -0.4 is 5.73 Å². The third-order valence-electron chi connectivity index (χ3n) is 3.64. The summed E-state index contributed by atoms with van der Waals surface area (Å²) in [5, 5.41) is 0. The van der Waals surface area contributed by atoms with E-state index >= 15 is 0 Å². The highest BCUT2D eigenvalue weighted by Gasteiger charge is 2.25. The summed E-state index contributed by atoms with van der Waals surface area (Å²) in [5.41, 5.74) is 5.78. The predicted molar refractivity (Wildman–Crippen MR) is 82.9 cm³/mol. The van der Waals surface area contributed by atoms with Crippen LogP contribution in [0, 0.1) is 23.7 Å². The van der Waals surface area contributed by atoms with Gasteiger partial charge in [-0.05, 0) is 30.6 Å². The highest BCUT2D eigenvalue weighted by molar-refractivity contribution is 5.79. The molecule has 0 aromatic carbocycles. The second kappa shape index (κ2) is 9.35. The van der Waals surface area contributed by atoms with Gasteiger partial charge in [0.1, 0.15) is 0 Å². The molecule has 3 heteroatoms. The van der Waals surface area contributed by atoms with Gasteiger partial charge in [-0.15, -0.1) is 0 Å². The first kappa shape index (κ1) is 18.4. The van der Waals surface area contributed by atoms with Crippen LogP contribution in [0.3, 0.4) is 0 Å². The minimum absolute atomic E-state index is 0.0284. The third-order valence-corrected chi connectivity index (χ3v) is 3.64. The standard InChI is InChI=1S/C16H34N2O/c1-12(2)7-9-18(10-8-13(3)4)16(19)15(11-17)14(5)6/h12-15H,7-11,17H2,1-6H3. The topological polar surface area (TPSA) is 46.3 Å². The fraction of sp³-hybridized carbons (Fsp3) is 0.938. The summed E-state index contributed by atoms with van der Waals surface area (Å²) in [7, 11) is 0. The van der Waals surface area contributed by atoms with Crippen molar-refractivity contribution in [2.45, 2.75) is 54.4 Å². The number of hydrogen-bond donors (Lipinski definition) is 1. The summed E-state index contributed by atoms with van der Waals surface area (Å²) in [6.07, 6.45) is 2.14. The van der Waals surface area contributed by atoms with Gasteiger partial charge in [-0.2, -0.15) is 0 Å². The van der Waals surface area contributed by atoms with Crippen LogP contribution in [0.2, 0.25) is 0 Å². The highest BCUT2D eigenvalue weighted by Crippen LogP contribution is 2.16. The van der Waals surface area contributed by atoms with Crippen molar-refractivity contribution >= 4 is 5.91 Å². The average Bonchev–Trinajstić information content (AvgIpc) is 2.28. The zero-order chi connectivity index (χ0) is 15.0. The monoisotopic (exact) mass is 270 g/mol. The van der Waals surface area contributed by atoms with Crippen LogP contribution in [-0.4, -0.2) is 30.4 Å².